The molecular weight excluding hydrogens is 600 g/mol. The quantitative estimate of drug-likeness (QED) is 0.226. The van der Waals surface area contributed by atoms with Gasteiger partial charge >= 0.3 is 11.9 Å². The van der Waals surface area contributed by atoms with Gasteiger partial charge in [0.1, 0.15) is 11.6 Å². The second kappa shape index (κ2) is 10.9. The summed E-state index contributed by atoms with van der Waals surface area (Å²) in [6.07, 6.45) is -2.19. The third kappa shape index (κ3) is 4.66. The molecule has 2 aromatic carbocycles. The fourth-order valence-electron chi connectivity index (χ4n) is 6.63. The van der Waals surface area contributed by atoms with Crippen molar-refractivity contribution in [3.63, 3.8) is 0 Å². The molecule has 0 radical (unpaired) electrons. The topological polar surface area (TPSA) is 85.5 Å². The van der Waals surface area contributed by atoms with Crippen molar-refractivity contribution >= 4 is 45.3 Å². The highest BCUT2D eigenvalue weighted by Gasteiger charge is 2.41. The van der Waals surface area contributed by atoms with Crippen LogP contribution in [0, 0.1) is 5.82 Å². The number of alkyl halides is 3. The SMILES string of the molecule is C=CC(=O)N1[C@H](C)CN(c2nc(=O)n3c4c(c(-c5c(F)ccc6cnn(C)c56)c(C(F)(F)F)cc24)SC[C@@H]3COC)C[C@@H]1C. The summed E-state index contributed by atoms with van der Waals surface area (Å²) in [6.45, 7) is 7.80. The number of amides is 1. The first-order chi connectivity index (χ1) is 20.9. The first-order valence-corrected chi connectivity index (χ1v) is 15.0. The molecule has 14 heteroatoms. The number of hydrogen-bond acceptors (Lipinski definition) is 7. The van der Waals surface area contributed by atoms with Gasteiger partial charge in [-0.05, 0) is 38.1 Å². The monoisotopic (exact) mass is 630 g/mol. The maximum atomic E-state index is 15.8. The van der Waals surface area contributed by atoms with Crippen LogP contribution in [0.15, 0.2) is 46.7 Å². The molecule has 0 bridgehead atoms. The number of hydrogen-bond donors (Lipinski definition) is 0. The van der Waals surface area contributed by atoms with Crippen LogP contribution in [0.4, 0.5) is 23.4 Å². The lowest BCUT2D eigenvalue weighted by atomic mass is 9.94. The Labute approximate surface area is 254 Å². The number of aromatic nitrogens is 4. The second-order valence-corrected chi connectivity index (χ2v) is 12.2. The Hall–Kier alpha value is -3.91. The van der Waals surface area contributed by atoms with Gasteiger partial charge in [-0.25, -0.2) is 9.18 Å². The highest BCUT2D eigenvalue weighted by molar-refractivity contribution is 7.99. The van der Waals surface area contributed by atoms with Crippen molar-refractivity contribution in [2.75, 3.05) is 37.5 Å². The zero-order chi connectivity index (χ0) is 31.7. The normalized spacial score (nSPS) is 20.5. The largest absolute Gasteiger partial charge is 0.417 e. The molecule has 44 heavy (non-hydrogen) atoms. The number of piperazine rings is 1. The molecule has 0 saturated carbocycles. The molecular formula is C30H30F4N6O3S. The van der Waals surface area contributed by atoms with Gasteiger partial charge in [-0.3, -0.25) is 14.0 Å². The Morgan fingerprint density at radius 1 is 1.18 bits per heavy atom. The lowest BCUT2D eigenvalue weighted by Crippen LogP contribution is -2.58. The second-order valence-electron chi connectivity index (χ2n) is 11.2. The van der Waals surface area contributed by atoms with Gasteiger partial charge in [0, 0.05) is 71.9 Å². The number of carbonyl (C=O) groups is 1. The van der Waals surface area contributed by atoms with Crippen LogP contribution in [0.5, 0.6) is 0 Å². The van der Waals surface area contributed by atoms with Crippen molar-refractivity contribution in [1.29, 1.82) is 0 Å². The summed E-state index contributed by atoms with van der Waals surface area (Å²) >= 11 is 1.13. The molecule has 2 aliphatic rings. The van der Waals surface area contributed by atoms with Crippen molar-refractivity contribution in [1.82, 2.24) is 24.2 Å². The zero-order valence-electron chi connectivity index (χ0n) is 24.5. The summed E-state index contributed by atoms with van der Waals surface area (Å²) in [6, 6.07) is 2.38. The molecule has 4 heterocycles. The fourth-order valence-corrected chi connectivity index (χ4v) is 7.94. The summed E-state index contributed by atoms with van der Waals surface area (Å²) in [4.78, 5) is 34.2. The van der Waals surface area contributed by atoms with E-state index in [0.717, 1.165) is 23.9 Å². The molecule has 0 N–H and O–H groups in total. The molecule has 6 rings (SSSR count). The van der Waals surface area contributed by atoms with Gasteiger partial charge in [0.05, 0.1) is 35.4 Å². The smallest absolute Gasteiger partial charge is 0.383 e. The van der Waals surface area contributed by atoms with Crippen molar-refractivity contribution in [3.05, 3.63) is 58.9 Å². The Morgan fingerprint density at radius 3 is 2.52 bits per heavy atom. The van der Waals surface area contributed by atoms with E-state index in [1.165, 1.54) is 34.7 Å². The highest BCUT2D eigenvalue weighted by Crippen LogP contribution is 2.51. The summed E-state index contributed by atoms with van der Waals surface area (Å²) in [5.41, 5.74) is -1.82. The molecule has 0 spiro atoms. The van der Waals surface area contributed by atoms with Crippen LogP contribution < -0.4 is 10.6 Å². The zero-order valence-corrected chi connectivity index (χ0v) is 25.3. The standard InChI is InChI=1S/C30H30F4N6O3S/c1-6-22(41)39-15(2)11-38(12-16(39)3)28-19-9-20(30(32,33)34)23(24-21(31)8-7-17-10-35-37(4)25(17)24)27-26(19)40(29(42)36-28)18(13-43-5)14-44-27/h6-10,15-16,18H,1,11-14H2,2-5H3/t15-,16+,18-/m0/s1. The molecule has 3 atom stereocenters. The van der Waals surface area contributed by atoms with Gasteiger partial charge in [-0.2, -0.15) is 23.3 Å². The molecule has 2 aromatic heterocycles. The molecule has 0 unspecified atom stereocenters. The molecule has 1 saturated heterocycles. The maximum absolute atomic E-state index is 15.8. The number of rotatable bonds is 5. The molecule has 232 valence electrons. The Kier molecular flexibility index (Phi) is 7.47. The molecule has 2 aliphatic heterocycles. The molecule has 1 fully saturated rings. The minimum atomic E-state index is -4.88. The minimum Gasteiger partial charge on any atom is -0.383 e. The predicted molar refractivity (Wildman–Crippen MR) is 160 cm³/mol. The van der Waals surface area contributed by atoms with Crippen LogP contribution >= 0.6 is 11.8 Å². The minimum absolute atomic E-state index is 0.0850. The van der Waals surface area contributed by atoms with Crippen LogP contribution in [-0.2, 0) is 22.8 Å². The van der Waals surface area contributed by atoms with Crippen LogP contribution in [0.3, 0.4) is 0 Å². The van der Waals surface area contributed by atoms with Crippen LogP contribution in [-0.4, -0.2) is 74.8 Å². The number of benzene rings is 2. The van der Waals surface area contributed by atoms with E-state index >= 15 is 17.6 Å². The predicted octanol–water partition coefficient (Wildman–Crippen LogP) is 5.01. The number of fused-ring (bicyclic) bond motifs is 1. The number of thioether (sulfide) groups is 1. The number of aryl methyl sites for hydroxylation is 1. The Bertz CT molecular complexity index is 1880. The summed E-state index contributed by atoms with van der Waals surface area (Å²) in [7, 11) is 3.03. The first-order valence-electron chi connectivity index (χ1n) is 14.0. The van der Waals surface area contributed by atoms with Gasteiger partial charge in [0.2, 0.25) is 5.91 Å². The first kappa shape index (κ1) is 30.1. The Morgan fingerprint density at radius 2 is 1.89 bits per heavy atom. The number of carbonyl (C=O) groups excluding carboxylic acids is 1. The molecule has 1 amide bonds. The van der Waals surface area contributed by atoms with Crippen molar-refractivity contribution < 1.29 is 27.1 Å². The van der Waals surface area contributed by atoms with E-state index in [1.807, 2.05) is 13.8 Å². The third-order valence-corrected chi connectivity index (χ3v) is 9.58. The van der Waals surface area contributed by atoms with E-state index < -0.39 is 29.3 Å². The van der Waals surface area contributed by atoms with E-state index in [4.69, 9.17) is 4.74 Å². The summed E-state index contributed by atoms with van der Waals surface area (Å²) in [5, 5.41) is 4.76. The molecule has 0 aliphatic carbocycles. The van der Waals surface area contributed by atoms with E-state index in [2.05, 4.69) is 16.7 Å². The van der Waals surface area contributed by atoms with Gasteiger partial charge in [0.25, 0.3) is 0 Å². The van der Waals surface area contributed by atoms with Crippen LogP contribution in [0.1, 0.15) is 25.5 Å². The van der Waals surface area contributed by atoms with Crippen molar-refractivity contribution in [2.45, 2.75) is 43.0 Å². The molecule has 9 nitrogen and oxygen atoms in total. The third-order valence-electron chi connectivity index (χ3n) is 8.34. The average molecular weight is 631 g/mol. The average Bonchev–Trinajstić information content (AvgIpc) is 3.34. The van der Waals surface area contributed by atoms with Gasteiger partial charge in [-0.1, -0.05) is 6.58 Å². The van der Waals surface area contributed by atoms with Gasteiger partial charge in [0.15, 0.2) is 0 Å². The highest BCUT2D eigenvalue weighted by atomic mass is 32.2. The van der Waals surface area contributed by atoms with Crippen molar-refractivity contribution in [3.8, 4) is 11.1 Å². The maximum Gasteiger partial charge on any atom is 0.417 e. The molecule has 4 aromatic rings. The van der Waals surface area contributed by atoms with Crippen LogP contribution in [0.2, 0.25) is 0 Å². The van der Waals surface area contributed by atoms with Crippen molar-refractivity contribution in [2.24, 2.45) is 7.05 Å². The van der Waals surface area contributed by atoms with E-state index in [-0.39, 0.29) is 81.7 Å². The lowest BCUT2D eigenvalue weighted by Gasteiger charge is -2.45. The van der Waals surface area contributed by atoms with E-state index in [1.54, 1.807) is 16.8 Å². The number of anilines is 1. The van der Waals surface area contributed by atoms with Crippen LogP contribution in [0.25, 0.3) is 32.9 Å². The van der Waals surface area contributed by atoms with E-state index in [9.17, 15) is 9.59 Å². The summed E-state index contributed by atoms with van der Waals surface area (Å²) in [5.74, 6) is -0.800. The van der Waals surface area contributed by atoms with E-state index in [0.29, 0.717) is 5.39 Å². The number of nitrogens with zero attached hydrogens (tertiary/aromatic N) is 6. The lowest BCUT2D eigenvalue weighted by molar-refractivity contribution is -0.137. The number of halogens is 4. The Balaban J connectivity index is 1.71. The van der Waals surface area contributed by atoms with Gasteiger partial charge in [-0.15, -0.1) is 11.8 Å². The summed E-state index contributed by atoms with van der Waals surface area (Å²) < 4.78 is 69.1. The number of ether oxygens (including phenoxy) is 1. The fraction of sp³-hybridized carbons (Fsp3) is 0.400. The van der Waals surface area contributed by atoms with Gasteiger partial charge < -0.3 is 14.5 Å². The number of methoxy groups -OCH3 is 1.